The highest BCUT2D eigenvalue weighted by molar-refractivity contribution is 9.10. The van der Waals surface area contributed by atoms with Gasteiger partial charge in [0.15, 0.2) is 0 Å². The van der Waals surface area contributed by atoms with E-state index in [4.69, 9.17) is 0 Å². The Bertz CT molecular complexity index is 1360. The van der Waals surface area contributed by atoms with Crippen LogP contribution in [0.2, 0.25) is 0 Å². The lowest BCUT2D eigenvalue weighted by atomic mass is 10.1. The molecule has 1 aromatic heterocycles. The molecule has 4 rings (SSSR count). The van der Waals surface area contributed by atoms with E-state index >= 15 is 0 Å². The number of nitrogens with one attached hydrogen (secondary N) is 1. The van der Waals surface area contributed by atoms with Gasteiger partial charge in [-0.2, -0.15) is 5.26 Å². The SMILES string of the molecule is Cc1c(/C=C(\C#N)C(=O)N[C@@H](C)c2ccccc2)c2ccccc2n1Cc1ccc(Br)cc1. The van der Waals surface area contributed by atoms with Gasteiger partial charge in [0.25, 0.3) is 5.91 Å². The average Bonchev–Trinajstić information content (AvgIpc) is 3.10. The number of amides is 1. The minimum Gasteiger partial charge on any atom is -0.345 e. The summed E-state index contributed by atoms with van der Waals surface area (Å²) in [7, 11) is 0. The molecule has 1 amide bonds. The number of benzene rings is 3. The zero-order chi connectivity index (χ0) is 23.4. The van der Waals surface area contributed by atoms with Crippen molar-refractivity contribution in [2.24, 2.45) is 0 Å². The first-order valence-electron chi connectivity index (χ1n) is 10.8. The summed E-state index contributed by atoms with van der Waals surface area (Å²) in [6.45, 7) is 4.65. The van der Waals surface area contributed by atoms with Crippen LogP contribution in [0.1, 0.15) is 35.3 Å². The van der Waals surface area contributed by atoms with Gasteiger partial charge < -0.3 is 9.88 Å². The number of fused-ring (bicyclic) bond motifs is 1. The number of nitriles is 1. The number of nitrogens with zero attached hydrogens (tertiary/aromatic N) is 2. The Kier molecular flexibility index (Phi) is 6.76. The number of hydrogen-bond acceptors (Lipinski definition) is 2. The number of carbonyl (C=O) groups is 1. The van der Waals surface area contributed by atoms with Crippen LogP contribution < -0.4 is 5.32 Å². The molecule has 164 valence electrons. The first-order chi connectivity index (χ1) is 16.0. The van der Waals surface area contributed by atoms with E-state index in [0.29, 0.717) is 6.54 Å². The van der Waals surface area contributed by atoms with Gasteiger partial charge in [0.05, 0.1) is 6.04 Å². The van der Waals surface area contributed by atoms with Gasteiger partial charge in [-0.1, -0.05) is 76.6 Å². The molecule has 0 saturated heterocycles. The summed E-state index contributed by atoms with van der Waals surface area (Å²) in [4.78, 5) is 12.9. The van der Waals surface area contributed by atoms with Gasteiger partial charge >= 0.3 is 0 Å². The Labute approximate surface area is 202 Å². The summed E-state index contributed by atoms with van der Waals surface area (Å²) < 4.78 is 3.27. The van der Waals surface area contributed by atoms with E-state index in [9.17, 15) is 10.1 Å². The average molecular weight is 498 g/mol. The highest BCUT2D eigenvalue weighted by Crippen LogP contribution is 2.29. The lowest BCUT2D eigenvalue weighted by Gasteiger charge is -2.13. The molecule has 1 heterocycles. The van der Waals surface area contributed by atoms with Gasteiger partial charge in [0, 0.05) is 33.2 Å². The van der Waals surface area contributed by atoms with E-state index in [0.717, 1.165) is 32.2 Å². The third kappa shape index (κ3) is 4.92. The first kappa shape index (κ1) is 22.6. The van der Waals surface area contributed by atoms with E-state index in [1.165, 1.54) is 5.56 Å². The molecule has 0 radical (unpaired) electrons. The van der Waals surface area contributed by atoms with Gasteiger partial charge in [-0.05, 0) is 49.2 Å². The fraction of sp³-hybridized carbons (Fsp3) is 0.143. The molecule has 1 atom stereocenters. The maximum atomic E-state index is 12.9. The van der Waals surface area contributed by atoms with E-state index < -0.39 is 0 Å². The molecular formula is C28H24BrN3O. The maximum absolute atomic E-state index is 12.9. The molecule has 1 N–H and O–H groups in total. The van der Waals surface area contributed by atoms with Gasteiger partial charge in [-0.25, -0.2) is 0 Å². The molecule has 0 aliphatic heterocycles. The van der Waals surface area contributed by atoms with Crippen LogP contribution in [0.4, 0.5) is 0 Å². The Hall–Kier alpha value is -3.62. The van der Waals surface area contributed by atoms with Crippen molar-refractivity contribution in [3.63, 3.8) is 0 Å². The Balaban J connectivity index is 1.69. The van der Waals surface area contributed by atoms with Crippen molar-refractivity contribution < 1.29 is 4.79 Å². The normalized spacial score (nSPS) is 12.4. The highest BCUT2D eigenvalue weighted by atomic mass is 79.9. The lowest BCUT2D eigenvalue weighted by molar-refractivity contribution is -0.117. The van der Waals surface area contributed by atoms with E-state index in [2.05, 4.69) is 50.1 Å². The maximum Gasteiger partial charge on any atom is 0.262 e. The zero-order valence-electron chi connectivity index (χ0n) is 18.5. The second-order valence-electron chi connectivity index (χ2n) is 8.00. The predicted molar refractivity (Wildman–Crippen MR) is 137 cm³/mol. The monoisotopic (exact) mass is 497 g/mol. The van der Waals surface area contributed by atoms with Crippen molar-refractivity contribution in [3.05, 3.63) is 111 Å². The van der Waals surface area contributed by atoms with Gasteiger partial charge in [0.2, 0.25) is 0 Å². The second kappa shape index (κ2) is 9.89. The van der Waals surface area contributed by atoms with E-state index in [-0.39, 0.29) is 17.5 Å². The number of halogens is 1. The Morgan fingerprint density at radius 2 is 1.73 bits per heavy atom. The molecule has 4 nitrogen and oxygen atoms in total. The van der Waals surface area contributed by atoms with Gasteiger partial charge in [-0.15, -0.1) is 0 Å². The molecule has 0 unspecified atom stereocenters. The molecule has 5 heteroatoms. The van der Waals surface area contributed by atoms with Crippen LogP contribution in [0.5, 0.6) is 0 Å². The van der Waals surface area contributed by atoms with E-state index in [1.54, 1.807) is 6.08 Å². The topological polar surface area (TPSA) is 57.8 Å². The highest BCUT2D eigenvalue weighted by Gasteiger charge is 2.17. The van der Waals surface area contributed by atoms with Crippen molar-refractivity contribution in [2.45, 2.75) is 26.4 Å². The minimum absolute atomic E-state index is 0.0902. The summed E-state index contributed by atoms with van der Waals surface area (Å²) in [5, 5.41) is 13.7. The molecule has 0 bridgehead atoms. The van der Waals surface area contributed by atoms with Crippen molar-refractivity contribution in [1.29, 1.82) is 5.26 Å². The zero-order valence-corrected chi connectivity index (χ0v) is 20.1. The van der Waals surface area contributed by atoms with Crippen LogP contribution >= 0.6 is 15.9 Å². The van der Waals surface area contributed by atoms with Crippen LogP contribution in [0.25, 0.3) is 17.0 Å². The van der Waals surface area contributed by atoms with Crippen molar-refractivity contribution >= 4 is 38.8 Å². The molecule has 0 aliphatic carbocycles. The fourth-order valence-corrected chi connectivity index (χ4v) is 4.27. The smallest absolute Gasteiger partial charge is 0.262 e. The van der Waals surface area contributed by atoms with Crippen molar-refractivity contribution in [1.82, 2.24) is 9.88 Å². The van der Waals surface area contributed by atoms with Crippen molar-refractivity contribution in [2.75, 3.05) is 0 Å². The van der Waals surface area contributed by atoms with Crippen LogP contribution in [0.3, 0.4) is 0 Å². The lowest BCUT2D eigenvalue weighted by Crippen LogP contribution is -2.27. The quantitative estimate of drug-likeness (QED) is 0.242. The Morgan fingerprint density at radius 3 is 2.42 bits per heavy atom. The number of aromatic nitrogens is 1. The van der Waals surface area contributed by atoms with E-state index in [1.807, 2.05) is 74.5 Å². The number of para-hydroxylation sites is 1. The van der Waals surface area contributed by atoms with Crippen LogP contribution in [0.15, 0.2) is 88.9 Å². The fourth-order valence-electron chi connectivity index (χ4n) is 4.01. The Morgan fingerprint density at radius 1 is 1.06 bits per heavy atom. The standard InChI is InChI=1S/C28H24BrN3O/c1-19(22-8-4-3-5-9-22)31-28(33)23(17-30)16-26-20(2)32(27-11-7-6-10-25(26)27)18-21-12-14-24(29)15-13-21/h3-16,19H,18H2,1-2H3,(H,31,33)/b23-16+/t19-/m0/s1. The van der Waals surface area contributed by atoms with Crippen LogP contribution in [-0.2, 0) is 11.3 Å². The molecule has 4 aromatic rings. The number of carbonyl (C=O) groups excluding carboxylic acids is 1. The van der Waals surface area contributed by atoms with Crippen LogP contribution in [-0.4, -0.2) is 10.5 Å². The molecular weight excluding hydrogens is 474 g/mol. The third-order valence-corrected chi connectivity index (χ3v) is 6.36. The van der Waals surface area contributed by atoms with Gasteiger partial charge in [-0.3, -0.25) is 4.79 Å². The summed E-state index contributed by atoms with van der Waals surface area (Å²) in [5.41, 5.74) is 5.22. The summed E-state index contributed by atoms with van der Waals surface area (Å²) >= 11 is 3.49. The largest absolute Gasteiger partial charge is 0.345 e. The third-order valence-electron chi connectivity index (χ3n) is 5.83. The molecule has 0 aliphatic rings. The molecule has 3 aromatic carbocycles. The molecule has 0 spiro atoms. The molecule has 33 heavy (non-hydrogen) atoms. The number of hydrogen-bond donors (Lipinski definition) is 1. The first-order valence-corrected chi connectivity index (χ1v) is 11.6. The molecule has 0 saturated carbocycles. The minimum atomic E-state index is -0.377. The van der Waals surface area contributed by atoms with Gasteiger partial charge in [0.1, 0.15) is 11.6 Å². The second-order valence-corrected chi connectivity index (χ2v) is 8.92. The molecule has 0 fully saturated rings. The summed E-state index contributed by atoms with van der Waals surface area (Å²) in [6.07, 6.45) is 1.71. The summed E-state index contributed by atoms with van der Waals surface area (Å²) in [6, 6.07) is 28.0. The van der Waals surface area contributed by atoms with Crippen molar-refractivity contribution in [3.8, 4) is 6.07 Å². The predicted octanol–water partition coefficient (Wildman–Crippen LogP) is 6.54. The van der Waals surface area contributed by atoms with Crippen LogP contribution in [0, 0.1) is 18.3 Å². The summed E-state index contributed by atoms with van der Waals surface area (Å²) in [5.74, 6) is -0.377. The number of rotatable bonds is 6.